The van der Waals surface area contributed by atoms with E-state index in [9.17, 15) is 0 Å². The minimum absolute atomic E-state index is 0.0297. The number of fused-ring (bicyclic) bond motifs is 3. The molecule has 4 heteroatoms. The molecule has 12 aromatic rings. The number of nitrogens with zero attached hydrogens (tertiary/aromatic N) is 2. The van der Waals surface area contributed by atoms with Crippen LogP contribution in [0.4, 0.5) is 34.1 Å². The van der Waals surface area contributed by atoms with Crippen molar-refractivity contribution >= 4 is 67.7 Å². The van der Waals surface area contributed by atoms with Crippen molar-refractivity contribution in [3.8, 4) is 55.6 Å². The van der Waals surface area contributed by atoms with Gasteiger partial charge >= 0.3 is 0 Å². The maximum absolute atomic E-state index is 7.19. The van der Waals surface area contributed by atoms with Crippen molar-refractivity contribution in [2.45, 2.75) is 78.6 Å². The van der Waals surface area contributed by atoms with Crippen LogP contribution in [0.5, 0.6) is 0 Å². The lowest BCUT2D eigenvalue weighted by Crippen LogP contribution is -2.19. The van der Waals surface area contributed by atoms with Gasteiger partial charge in [0.2, 0.25) is 0 Å². The Morgan fingerprint density at radius 2 is 0.768 bits per heavy atom. The number of hydrogen-bond donors (Lipinski definition) is 0. The third-order valence-electron chi connectivity index (χ3n) is 15.9. The molecule has 0 atom stereocenters. The van der Waals surface area contributed by atoms with Crippen LogP contribution >= 0.6 is 11.6 Å². The van der Waals surface area contributed by atoms with Gasteiger partial charge in [0.1, 0.15) is 11.2 Å². The molecule has 0 spiro atoms. The molecule has 404 valence electrons. The number of halogens is 1. The highest BCUT2D eigenvalue weighted by atomic mass is 35.5. The second-order valence-electron chi connectivity index (χ2n) is 24.8. The molecule has 0 aliphatic carbocycles. The topological polar surface area (TPSA) is 19.6 Å². The van der Waals surface area contributed by atoms with Crippen molar-refractivity contribution in [1.82, 2.24) is 0 Å². The molecule has 12 rings (SSSR count). The van der Waals surface area contributed by atoms with E-state index in [1.807, 2.05) is 6.07 Å². The molecule has 1 aromatic heterocycles. The van der Waals surface area contributed by atoms with E-state index < -0.39 is 0 Å². The zero-order chi connectivity index (χ0) is 56.9. The number of benzene rings is 11. The lowest BCUT2D eigenvalue weighted by molar-refractivity contribution is 0.569. The first-order chi connectivity index (χ1) is 39.5. The Kier molecular flexibility index (Phi) is 14.1. The smallest absolute Gasteiger partial charge is 0.145 e. The van der Waals surface area contributed by atoms with E-state index in [0.717, 1.165) is 106 Å². The summed E-state index contributed by atoms with van der Waals surface area (Å²) >= 11 is 7.19. The summed E-state index contributed by atoms with van der Waals surface area (Å²) in [7, 11) is 0. The zero-order valence-corrected chi connectivity index (χ0v) is 49.2. The average molecular weight is 1090 g/mol. The first-order valence-corrected chi connectivity index (χ1v) is 29.0. The summed E-state index contributed by atoms with van der Waals surface area (Å²) in [5, 5.41) is 2.75. The minimum atomic E-state index is -0.308. The Morgan fingerprint density at radius 3 is 1.29 bits per heavy atom. The summed E-state index contributed by atoms with van der Waals surface area (Å²) < 4.78 is 7.11. The Hall–Kier alpha value is -8.89. The molecule has 0 amide bonds. The van der Waals surface area contributed by atoms with Crippen molar-refractivity contribution in [3.63, 3.8) is 0 Å². The maximum atomic E-state index is 7.19. The Bertz CT molecular complexity index is 4170. The predicted molar refractivity (Wildman–Crippen MR) is 351 cm³/mol. The van der Waals surface area contributed by atoms with Crippen molar-refractivity contribution < 1.29 is 4.42 Å². The molecule has 0 radical (unpaired) electrons. The highest BCUT2D eigenvalue weighted by Crippen LogP contribution is 2.54. The van der Waals surface area contributed by atoms with E-state index in [2.05, 4.69) is 321 Å². The highest BCUT2D eigenvalue weighted by molar-refractivity contribution is 6.31. The van der Waals surface area contributed by atoms with Gasteiger partial charge in [0.25, 0.3) is 0 Å². The number of anilines is 6. The van der Waals surface area contributed by atoms with Gasteiger partial charge < -0.3 is 14.2 Å². The third kappa shape index (κ3) is 10.5. The fourth-order valence-corrected chi connectivity index (χ4v) is 11.6. The predicted octanol–water partition coefficient (Wildman–Crippen LogP) is 23.4. The van der Waals surface area contributed by atoms with Crippen LogP contribution in [-0.4, -0.2) is 0 Å². The van der Waals surface area contributed by atoms with E-state index in [0.29, 0.717) is 5.02 Å². The van der Waals surface area contributed by atoms with Crippen molar-refractivity contribution in [3.05, 3.63) is 277 Å². The molecule has 11 aromatic carbocycles. The molecule has 0 saturated heterocycles. The van der Waals surface area contributed by atoms with Crippen LogP contribution in [0.3, 0.4) is 0 Å². The van der Waals surface area contributed by atoms with Gasteiger partial charge in [0.15, 0.2) is 0 Å². The van der Waals surface area contributed by atoms with Crippen molar-refractivity contribution in [2.75, 3.05) is 9.80 Å². The highest BCUT2D eigenvalue weighted by Gasteiger charge is 2.31. The fraction of sp³-hybridized carbons (Fsp3) is 0.154. The van der Waals surface area contributed by atoms with Crippen LogP contribution in [0.1, 0.15) is 79.0 Å². The van der Waals surface area contributed by atoms with Crippen LogP contribution in [0.2, 0.25) is 5.02 Å². The molecule has 1 heterocycles. The van der Waals surface area contributed by atoms with Gasteiger partial charge in [-0.25, -0.2) is 0 Å². The minimum Gasteiger partial charge on any atom is -0.455 e. The van der Waals surface area contributed by atoms with Crippen LogP contribution in [0, 0.1) is 0 Å². The Morgan fingerprint density at radius 1 is 0.305 bits per heavy atom. The van der Waals surface area contributed by atoms with E-state index in [-0.39, 0.29) is 16.2 Å². The fourth-order valence-electron chi connectivity index (χ4n) is 11.5. The number of hydrogen-bond acceptors (Lipinski definition) is 3. The molecule has 0 aliphatic heterocycles. The van der Waals surface area contributed by atoms with Crippen LogP contribution in [0.25, 0.3) is 77.6 Å². The number of rotatable bonds is 11. The second kappa shape index (κ2) is 21.5. The normalized spacial score (nSPS) is 12.0. The van der Waals surface area contributed by atoms with E-state index in [4.69, 9.17) is 16.0 Å². The maximum Gasteiger partial charge on any atom is 0.145 e. The molecule has 82 heavy (non-hydrogen) atoms. The van der Waals surface area contributed by atoms with Crippen LogP contribution < -0.4 is 9.80 Å². The summed E-state index contributed by atoms with van der Waals surface area (Å²) in [5.74, 6) is 0. The average Bonchev–Trinajstić information content (AvgIpc) is 2.36. The molecular weight excluding hydrogens is 1020 g/mol. The number of para-hydroxylation sites is 2. The summed E-state index contributed by atoms with van der Waals surface area (Å²) in [6.07, 6.45) is 0. The monoisotopic (exact) mass is 1080 g/mol. The van der Waals surface area contributed by atoms with Gasteiger partial charge in [-0.05, 0) is 127 Å². The van der Waals surface area contributed by atoms with Gasteiger partial charge in [-0.15, -0.1) is 0 Å². The standard InChI is InChI=1S/C78H69ClN2O/c1-76(2,3)58-44-57(45-59(46-58)77(4,5)6)52-40-42-62(43-41-52)80(73-66(53-26-14-10-15-27-53)37-25-38-67(73)54-28-16-11-17-29-54)64-47-60(78(7,8)9)48-65(50-64)81(63-35-24-34-61(79)49-63)74-69(55-30-18-12-19-31-55)51-70-68-36-22-23-39-71(68)82-75(70)72(74)56-32-20-13-21-33-56/h10-51H,1-9H3. The summed E-state index contributed by atoms with van der Waals surface area (Å²) in [6.45, 7) is 20.8. The largest absolute Gasteiger partial charge is 0.455 e. The lowest BCUT2D eigenvalue weighted by Gasteiger charge is -2.35. The van der Waals surface area contributed by atoms with Gasteiger partial charge in [-0.2, -0.15) is 0 Å². The third-order valence-corrected chi connectivity index (χ3v) is 16.2. The number of furan rings is 1. The molecule has 0 aliphatic rings. The van der Waals surface area contributed by atoms with Crippen molar-refractivity contribution in [2.24, 2.45) is 0 Å². The lowest BCUT2D eigenvalue weighted by atomic mass is 9.79. The van der Waals surface area contributed by atoms with E-state index >= 15 is 0 Å². The molecular formula is C78H69ClN2O. The first-order valence-electron chi connectivity index (χ1n) is 28.6. The van der Waals surface area contributed by atoms with Gasteiger partial charge in [-0.3, -0.25) is 0 Å². The second-order valence-corrected chi connectivity index (χ2v) is 25.2. The summed E-state index contributed by atoms with van der Waals surface area (Å²) in [5.41, 5.74) is 22.0. The Balaban J connectivity index is 1.20. The molecule has 0 unspecified atom stereocenters. The van der Waals surface area contributed by atoms with Crippen LogP contribution in [-0.2, 0) is 16.2 Å². The van der Waals surface area contributed by atoms with Crippen LogP contribution in [0.15, 0.2) is 259 Å². The van der Waals surface area contributed by atoms with Gasteiger partial charge in [-0.1, -0.05) is 268 Å². The quantitative estimate of drug-likeness (QED) is 0.129. The summed E-state index contributed by atoms with van der Waals surface area (Å²) in [6, 6.07) is 92.6. The van der Waals surface area contributed by atoms with Crippen molar-refractivity contribution in [1.29, 1.82) is 0 Å². The molecule has 0 fully saturated rings. The van der Waals surface area contributed by atoms with E-state index in [1.54, 1.807) is 0 Å². The molecule has 0 bridgehead atoms. The van der Waals surface area contributed by atoms with E-state index in [1.165, 1.54) is 22.3 Å². The molecule has 0 N–H and O–H groups in total. The zero-order valence-electron chi connectivity index (χ0n) is 48.4. The van der Waals surface area contributed by atoms with Gasteiger partial charge in [0, 0.05) is 60.8 Å². The summed E-state index contributed by atoms with van der Waals surface area (Å²) in [4.78, 5) is 4.94. The molecule has 0 saturated carbocycles. The molecule has 3 nitrogen and oxygen atoms in total. The van der Waals surface area contributed by atoms with Gasteiger partial charge in [0.05, 0.1) is 11.4 Å². The first kappa shape index (κ1) is 53.7. The SMILES string of the molecule is CC(C)(C)c1cc(N(c2ccc(-c3cc(C(C)(C)C)cc(C(C)(C)C)c3)cc2)c2c(-c3ccccc3)cccc2-c2ccccc2)cc(N(c2cccc(Cl)c2)c2c(-c3ccccc3)cc3c(oc4ccccc43)c2-c2ccccc2)c1. The Labute approximate surface area is 489 Å².